The maximum atomic E-state index is 9.59. The van der Waals surface area contributed by atoms with Crippen LogP contribution >= 0.6 is 0 Å². The Morgan fingerprint density at radius 2 is 1.94 bits per heavy atom. The van der Waals surface area contributed by atoms with Crippen LogP contribution in [0, 0.1) is 0 Å². The summed E-state index contributed by atoms with van der Waals surface area (Å²) in [6, 6.07) is 0. The molecule has 0 aliphatic carbocycles. The minimum absolute atomic E-state index is 0.110. The molecule has 0 aromatic heterocycles. The molecule has 1 saturated heterocycles. The van der Waals surface area contributed by atoms with Crippen LogP contribution in [0.2, 0.25) is 0 Å². The molecule has 16 heavy (non-hydrogen) atoms. The average molecular weight is 234 g/mol. The fourth-order valence-corrected chi connectivity index (χ4v) is 1.52. The van der Waals surface area contributed by atoms with Crippen molar-refractivity contribution in [1.82, 2.24) is 0 Å². The Kier molecular flexibility index (Phi) is 5.33. The highest BCUT2D eigenvalue weighted by molar-refractivity contribution is 4.89. The highest BCUT2D eigenvalue weighted by Gasteiger charge is 2.44. The largest absolute Gasteiger partial charge is 0.387 e. The molecule has 5 atom stereocenters. The summed E-state index contributed by atoms with van der Waals surface area (Å²) in [5.41, 5.74) is 0. The highest BCUT2D eigenvalue weighted by Crippen LogP contribution is 2.22. The van der Waals surface area contributed by atoms with Gasteiger partial charge in [-0.3, -0.25) is 0 Å². The van der Waals surface area contributed by atoms with Crippen molar-refractivity contribution in [2.75, 3.05) is 20.3 Å². The van der Waals surface area contributed by atoms with Crippen LogP contribution in [0.3, 0.4) is 0 Å². The lowest BCUT2D eigenvalue weighted by Crippen LogP contribution is -2.59. The second kappa shape index (κ2) is 6.29. The molecule has 1 aliphatic rings. The third-order valence-electron chi connectivity index (χ3n) is 2.38. The maximum absolute atomic E-state index is 9.59. The second-order valence-corrected chi connectivity index (χ2v) is 3.59. The van der Waals surface area contributed by atoms with Crippen LogP contribution in [-0.4, -0.2) is 66.3 Å². The summed E-state index contributed by atoms with van der Waals surface area (Å²) in [5, 5.41) is 28.7. The topological polar surface area (TPSA) is 88.4 Å². The number of methoxy groups -OCH3 is 1. The molecular formula is C10H18O6. The molecule has 6 nitrogen and oxygen atoms in total. The first-order valence-corrected chi connectivity index (χ1v) is 5.03. The van der Waals surface area contributed by atoms with Crippen molar-refractivity contribution in [3.8, 4) is 0 Å². The molecule has 1 aliphatic heterocycles. The molecule has 1 rings (SSSR count). The fraction of sp³-hybridized carbons (Fsp3) is 0.800. The Balaban J connectivity index is 2.61. The molecule has 6 heteroatoms. The molecule has 0 amide bonds. The number of hydrogen-bond acceptors (Lipinski definition) is 6. The van der Waals surface area contributed by atoms with Gasteiger partial charge >= 0.3 is 0 Å². The summed E-state index contributed by atoms with van der Waals surface area (Å²) in [6.07, 6.45) is -4.01. The van der Waals surface area contributed by atoms with Crippen molar-refractivity contribution in [3.05, 3.63) is 12.7 Å². The molecule has 0 bridgehead atoms. The number of rotatable bonds is 5. The van der Waals surface area contributed by atoms with E-state index < -0.39 is 30.7 Å². The van der Waals surface area contributed by atoms with Gasteiger partial charge in [0.2, 0.25) is 0 Å². The third-order valence-corrected chi connectivity index (χ3v) is 2.38. The van der Waals surface area contributed by atoms with E-state index >= 15 is 0 Å². The van der Waals surface area contributed by atoms with E-state index in [0.717, 1.165) is 0 Å². The zero-order valence-corrected chi connectivity index (χ0v) is 9.15. The Morgan fingerprint density at radius 1 is 1.25 bits per heavy atom. The van der Waals surface area contributed by atoms with Crippen LogP contribution in [0.25, 0.3) is 0 Å². The summed E-state index contributed by atoms with van der Waals surface area (Å²) in [6.45, 7) is 3.76. The maximum Gasteiger partial charge on any atom is 0.187 e. The van der Waals surface area contributed by atoms with Crippen molar-refractivity contribution in [1.29, 1.82) is 0 Å². The van der Waals surface area contributed by atoms with Crippen molar-refractivity contribution in [2.24, 2.45) is 0 Å². The van der Waals surface area contributed by atoms with Gasteiger partial charge in [-0.25, -0.2) is 0 Å². The highest BCUT2D eigenvalue weighted by atomic mass is 16.7. The Labute approximate surface area is 94.1 Å². The summed E-state index contributed by atoms with van der Waals surface area (Å²) in [4.78, 5) is 0. The van der Waals surface area contributed by atoms with E-state index in [0.29, 0.717) is 0 Å². The van der Waals surface area contributed by atoms with Crippen molar-refractivity contribution in [3.63, 3.8) is 0 Å². The first kappa shape index (κ1) is 13.6. The Morgan fingerprint density at radius 3 is 2.50 bits per heavy atom. The standard InChI is InChI=1S/C10H18O6/c1-3-4-15-10-9(13)8(12)7(11)6(16-10)5-14-2/h3,6-13H,1,4-5H2,2H3/t6?,7-,8?,9?,10?/m1/s1. The first-order valence-electron chi connectivity index (χ1n) is 5.03. The van der Waals surface area contributed by atoms with Crippen molar-refractivity contribution >= 4 is 0 Å². The minimum Gasteiger partial charge on any atom is -0.387 e. The van der Waals surface area contributed by atoms with Gasteiger partial charge in [0.05, 0.1) is 13.2 Å². The van der Waals surface area contributed by atoms with Crippen molar-refractivity contribution in [2.45, 2.75) is 30.7 Å². The lowest BCUT2D eigenvalue weighted by Gasteiger charge is -2.39. The van der Waals surface area contributed by atoms with E-state index in [4.69, 9.17) is 14.2 Å². The predicted molar refractivity (Wildman–Crippen MR) is 54.7 cm³/mol. The van der Waals surface area contributed by atoms with Crippen LogP contribution in [0.1, 0.15) is 0 Å². The van der Waals surface area contributed by atoms with Crippen LogP contribution in [-0.2, 0) is 14.2 Å². The minimum atomic E-state index is -1.32. The van der Waals surface area contributed by atoms with Gasteiger partial charge in [-0.1, -0.05) is 6.08 Å². The molecule has 94 valence electrons. The number of aliphatic hydroxyl groups excluding tert-OH is 3. The second-order valence-electron chi connectivity index (χ2n) is 3.59. The predicted octanol–water partition coefficient (Wildman–Crippen LogP) is -1.36. The smallest absolute Gasteiger partial charge is 0.187 e. The number of hydrogen-bond donors (Lipinski definition) is 3. The molecule has 0 spiro atoms. The number of ether oxygens (including phenoxy) is 3. The normalized spacial score (nSPS) is 39.6. The molecule has 4 unspecified atom stereocenters. The van der Waals surface area contributed by atoms with E-state index in [1.54, 1.807) is 0 Å². The quantitative estimate of drug-likeness (QED) is 0.509. The van der Waals surface area contributed by atoms with Crippen molar-refractivity contribution < 1.29 is 29.5 Å². The lowest BCUT2D eigenvalue weighted by atomic mass is 9.99. The third kappa shape index (κ3) is 3.00. The zero-order chi connectivity index (χ0) is 12.1. The molecular weight excluding hydrogens is 216 g/mol. The van der Waals surface area contributed by atoms with Gasteiger partial charge in [0.15, 0.2) is 6.29 Å². The van der Waals surface area contributed by atoms with Gasteiger partial charge in [0, 0.05) is 7.11 Å². The van der Waals surface area contributed by atoms with Crippen LogP contribution < -0.4 is 0 Å². The van der Waals surface area contributed by atoms with Gasteiger partial charge < -0.3 is 29.5 Å². The first-order chi connectivity index (χ1) is 7.61. The van der Waals surface area contributed by atoms with Crippen LogP contribution in [0.4, 0.5) is 0 Å². The van der Waals surface area contributed by atoms with E-state index in [2.05, 4.69) is 6.58 Å². The molecule has 0 aromatic carbocycles. The van der Waals surface area contributed by atoms with E-state index in [-0.39, 0.29) is 13.2 Å². The molecule has 1 fully saturated rings. The van der Waals surface area contributed by atoms with E-state index in [9.17, 15) is 15.3 Å². The van der Waals surface area contributed by atoms with Crippen LogP contribution in [0.15, 0.2) is 12.7 Å². The van der Waals surface area contributed by atoms with E-state index in [1.807, 2.05) is 0 Å². The van der Waals surface area contributed by atoms with E-state index in [1.165, 1.54) is 13.2 Å². The molecule has 0 aromatic rings. The van der Waals surface area contributed by atoms with Crippen LogP contribution in [0.5, 0.6) is 0 Å². The molecule has 1 heterocycles. The van der Waals surface area contributed by atoms with Gasteiger partial charge in [-0.2, -0.15) is 0 Å². The Bertz CT molecular complexity index is 221. The van der Waals surface area contributed by atoms with Gasteiger partial charge in [-0.15, -0.1) is 6.58 Å². The molecule has 3 N–H and O–H groups in total. The summed E-state index contributed by atoms with van der Waals surface area (Å²) in [7, 11) is 1.45. The monoisotopic (exact) mass is 234 g/mol. The zero-order valence-electron chi connectivity index (χ0n) is 9.15. The molecule has 0 radical (unpaired) electrons. The lowest BCUT2D eigenvalue weighted by molar-refractivity contribution is -0.299. The van der Waals surface area contributed by atoms with Gasteiger partial charge in [-0.05, 0) is 0 Å². The average Bonchev–Trinajstić information content (AvgIpc) is 2.28. The SMILES string of the molecule is C=CCOC1OC(COC)[C@@H](O)C(O)C1O. The summed E-state index contributed by atoms with van der Waals surface area (Å²) < 4.78 is 15.2. The summed E-state index contributed by atoms with van der Waals surface area (Å²) >= 11 is 0. The molecule has 0 saturated carbocycles. The fourth-order valence-electron chi connectivity index (χ4n) is 1.52. The van der Waals surface area contributed by atoms with Gasteiger partial charge in [0.1, 0.15) is 24.4 Å². The van der Waals surface area contributed by atoms with Gasteiger partial charge in [0.25, 0.3) is 0 Å². The Hall–Kier alpha value is -0.500. The number of aliphatic hydroxyl groups is 3. The summed E-state index contributed by atoms with van der Waals surface area (Å²) in [5.74, 6) is 0.